The van der Waals surface area contributed by atoms with Crippen molar-refractivity contribution in [1.82, 2.24) is 4.90 Å². The van der Waals surface area contributed by atoms with E-state index >= 15 is 0 Å². The average Bonchev–Trinajstić information content (AvgIpc) is 2.82. The van der Waals surface area contributed by atoms with Crippen LogP contribution in [0.15, 0.2) is 41.6 Å². The number of likely N-dealkylation sites (tertiary alicyclic amines) is 1. The Labute approximate surface area is 207 Å². The Morgan fingerprint density at radius 1 is 1.12 bits per heavy atom. The maximum absolute atomic E-state index is 10.9. The first-order chi connectivity index (χ1) is 16.5. The third kappa shape index (κ3) is 6.39. The molecule has 2 fully saturated rings. The van der Waals surface area contributed by atoms with Crippen molar-refractivity contribution in [2.24, 2.45) is 11.1 Å². The minimum absolute atomic E-state index is 0.252. The summed E-state index contributed by atoms with van der Waals surface area (Å²) >= 11 is 6.45. The van der Waals surface area contributed by atoms with Crippen molar-refractivity contribution < 1.29 is 14.7 Å². The van der Waals surface area contributed by atoms with Crippen molar-refractivity contribution in [3.63, 3.8) is 0 Å². The minimum atomic E-state index is -0.721. The maximum atomic E-state index is 10.9. The van der Waals surface area contributed by atoms with Crippen LogP contribution >= 0.6 is 11.6 Å². The summed E-state index contributed by atoms with van der Waals surface area (Å²) in [4.78, 5) is 18.6. The van der Waals surface area contributed by atoms with E-state index in [-0.39, 0.29) is 5.92 Å². The van der Waals surface area contributed by atoms with Crippen molar-refractivity contribution in [2.45, 2.75) is 70.9 Å². The number of rotatable bonds is 10. The summed E-state index contributed by atoms with van der Waals surface area (Å²) in [6.45, 7) is 4.55. The molecule has 34 heavy (non-hydrogen) atoms. The van der Waals surface area contributed by atoms with Gasteiger partial charge in [-0.2, -0.15) is 0 Å². The molecule has 0 unspecified atom stereocenters. The molecule has 2 aliphatic rings. The molecule has 5 nitrogen and oxygen atoms in total. The highest BCUT2D eigenvalue weighted by Crippen LogP contribution is 2.35. The van der Waals surface area contributed by atoms with E-state index in [1.165, 1.54) is 43.2 Å². The van der Waals surface area contributed by atoms with Crippen LogP contribution in [0, 0.1) is 5.92 Å². The van der Waals surface area contributed by atoms with Crippen LogP contribution in [0.1, 0.15) is 72.8 Å². The van der Waals surface area contributed by atoms with Gasteiger partial charge in [-0.15, -0.1) is 0 Å². The normalized spacial score (nSPS) is 17.7. The van der Waals surface area contributed by atoms with Crippen LogP contribution in [-0.4, -0.2) is 35.3 Å². The number of oxime groups is 1. The lowest BCUT2D eigenvalue weighted by atomic mass is 9.81. The molecule has 1 aliphatic heterocycles. The van der Waals surface area contributed by atoms with E-state index in [4.69, 9.17) is 21.5 Å². The number of hydrogen-bond acceptors (Lipinski definition) is 4. The molecule has 1 heterocycles. The molecule has 2 aromatic rings. The lowest BCUT2D eigenvalue weighted by Gasteiger charge is -2.36. The summed E-state index contributed by atoms with van der Waals surface area (Å²) in [6.07, 6.45) is 10.2. The van der Waals surface area contributed by atoms with Gasteiger partial charge in [0.1, 0.15) is 6.61 Å². The van der Waals surface area contributed by atoms with Gasteiger partial charge in [-0.3, -0.25) is 9.69 Å². The molecule has 1 aliphatic carbocycles. The molecule has 1 saturated carbocycles. The van der Waals surface area contributed by atoms with E-state index in [0.717, 1.165) is 29.0 Å². The van der Waals surface area contributed by atoms with Crippen LogP contribution in [0.25, 0.3) is 0 Å². The molecule has 1 saturated heterocycles. The maximum Gasteiger partial charge on any atom is 0.309 e. The standard InChI is InChI=1S/C28H35ClN2O3/c1-2-22-14-21(9-11-26(22)23-6-4-3-5-7-23)19-34-30-13-12-20-8-10-24(27(29)15-20)16-31-17-25(18-31)28(32)33/h8-11,13-15,23,25H,2-7,12,16-19H2,1H3,(H,32,33). The van der Waals surface area contributed by atoms with Crippen LogP contribution in [0.2, 0.25) is 5.02 Å². The molecule has 6 heteroatoms. The minimum Gasteiger partial charge on any atom is -0.481 e. The van der Waals surface area contributed by atoms with Crippen molar-refractivity contribution in [2.75, 3.05) is 13.1 Å². The molecule has 2 aromatic carbocycles. The number of hydrogen-bond donors (Lipinski definition) is 1. The summed E-state index contributed by atoms with van der Waals surface area (Å²) < 4.78 is 0. The topological polar surface area (TPSA) is 62.1 Å². The fraction of sp³-hybridized carbons (Fsp3) is 0.500. The number of halogens is 1. The Bertz CT molecular complexity index is 1010. The van der Waals surface area contributed by atoms with E-state index in [2.05, 4.69) is 35.2 Å². The Morgan fingerprint density at radius 2 is 1.88 bits per heavy atom. The molecule has 0 bridgehead atoms. The van der Waals surface area contributed by atoms with Gasteiger partial charge in [0.15, 0.2) is 0 Å². The van der Waals surface area contributed by atoms with Gasteiger partial charge in [-0.25, -0.2) is 0 Å². The molecule has 0 atom stereocenters. The van der Waals surface area contributed by atoms with Crippen LogP contribution in [-0.2, 0) is 35.6 Å². The predicted octanol–water partition coefficient (Wildman–Crippen LogP) is 6.21. The summed E-state index contributed by atoms with van der Waals surface area (Å²) in [5.74, 6) is -0.249. The van der Waals surface area contributed by atoms with Gasteiger partial charge in [-0.1, -0.05) is 73.3 Å². The number of benzene rings is 2. The van der Waals surface area contributed by atoms with Crippen molar-refractivity contribution in [1.29, 1.82) is 0 Å². The number of carboxylic acid groups (broad SMARTS) is 1. The zero-order valence-corrected chi connectivity index (χ0v) is 20.8. The third-order valence-corrected chi connectivity index (χ3v) is 7.51. The molecule has 0 spiro atoms. The quantitative estimate of drug-likeness (QED) is 0.323. The first-order valence-electron chi connectivity index (χ1n) is 12.5. The lowest BCUT2D eigenvalue weighted by Crippen LogP contribution is -2.49. The van der Waals surface area contributed by atoms with Gasteiger partial charge in [0.25, 0.3) is 0 Å². The number of aliphatic carboxylic acids is 1. The molecular formula is C28H35ClN2O3. The molecule has 182 valence electrons. The largest absolute Gasteiger partial charge is 0.481 e. The Hall–Kier alpha value is -2.37. The second-order valence-corrected chi connectivity index (χ2v) is 10.0. The second kappa shape index (κ2) is 11.9. The highest BCUT2D eigenvalue weighted by molar-refractivity contribution is 6.31. The number of aryl methyl sites for hydroxylation is 1. The predicted molar refractivity (Wildman–Crippen MR) is 136 cm³/mol. The zero-order valence-electron chi connectivity index (χ0n) is 20.0. The highest BCUT2D eigenvalue weighted by Gasteiger charge is 2.32. The molecule has 0 radical (unpaired) electrons. The van der Waals surface area contributed by atoms with E-state index in [1.807, 2.05) is 18.2 Å². The van der Waals surface area contributed by atoms with Crippen LogP contribution in [0.4, 0.5) is 0 Å². The molecular weight excluding hydrogens is 448 g/mol. The molecule has 1 N–H and O–H groups in total. The summed E-state index contributed by atoms with van der Waals surface area (Å²) in [5, 5.41) is 13.9. The fourth-order valence-corrected chi connectivity index (χ4v) is 5.38. The monoisotopic (exact) mass is 482 g/mol. The van der Waals surface area contributed by atoms with Crippen LogP contribution in [0.3, 0.4) is 0 Å². The van der Waals surface area contributed by atoms with E-state index in [0.29, 0.717) is 37.7 Å². The first kappa shape index (κ1) is 24.7. The first-order valence-corrected chi connectivity index (χ1v) is 12.9. The molecule has 0 aromatic heterocycles. The van der Waals surface area contributed by atoms with Gasteiger partial charge in [0.05, 0.1) is 5.92 Å². The zero-order chi connectivity index (χ0) is 23.9. The Morgan fingerprint density at radius 3 is 2.59 bits per heavy atom. The lowest BCUT2D eigenvalue weighted by molar-refractivity contribution is -0.147. The summed E-state index contributed by atoms with van der Waals surface area (Å²) in [6, 6.07) is 12.8. The fourth-order valence-electron chi connectivity index (χ4n) is 5.12. The van der Waals surface area contributed by atoms with Gasteiger partial charge in [0.2, 0.25) is 0 Å². The van der Waals surface area contributed by atoms with Crippen molar-refractivity contribution in [3.05, 3.63) is 69.2 Å². The number of carboxylic acids is 1. The Balaban J connectivity index is 1.23. The van der Waals surface area contributed by atoms with Crippen molar-refractivity contribution >= 4 is 23.8 Å². The van der Waals surface area contributed by atoms with Gasteiger partial charge < -0.3 is 9.94 Å². The SMILES string of the molecule is CCc1cc(CON=CCc2ccc(CN3CC(C(=O)O)C3)c(Cl)c2)ccc1C1CCCCC1. The number of carbonyl (C=O) groups is 1. The van der Waals surface area contributed by atoms with Gasteiger partial charge in [0, 0.05) is 37.3 Å². The van der Waals surface area contributed by atoms with Crippen LogP contribution < -0.4 is 0 Å². The van der Waals surface area contributed by atoms with Gasteiger partial charge in [-0.05, 0) is 59.1 Å². The second-order valence-electron chi connectivity index (χ2n) is 9.64. The van der Waals surface area contributed by atoms with Gasteiger partial charge >= 0.3 is 5.97 Å². The van der Waals surface area contributed by atoms with E-state index in [9.17, 15) is 4.79 Å². The molecule has 4 rings (SSSR count). The number of nitrogens with zero attached hydrogens (tertiary/aromatic N) is 2. The molecule has 0 amide bonds. The Kier molecular flexibility index (Phi) is 8.63. The summed E-state index contributed by atoms with van der Waals surface area (Å²) in [5.41, 5.74) is 6.23. The average molecular weight is 483 g/mol. The van der Waals surface area contributed by atoms with E-state index < -0.39 is 5.97 Å². The van der Waals surface area contributed by atoms with Crippen LogP contribution in [0.5, 0.6) is 0 Å². The highest BCUT2D eigenvalue weighted by atomic mass is 35.5. The van der Waals surface area contributed by atoms with Crippen molar-refractivity contribution in [3.8, 4) is 0 Å². The smallest absolute Gasteiger partial charge is 0.309 e. The summed E-state index contributed by atoms with van der Waals surface area (Å²) in [7, 11) is 0. The van der Waals surface area contributed by atoms with E-state index in [1.54, 1.807) is 6.21 Å². The third-order valence-electron chi connectivity index (χ3n) is 7.16.